The summed E-state index contributed by atoms with van der Waals surface area (Å²) in [6.07, 6.45) is 0.141. The molecule has 0 bridgehead atoms. The van der Waals surface area contributed by atoms with Gasteiger partial charge in [-0.1, -0.05) is 6.07 Å². The van der Waals surface area contributed by atoms with E-state index in [0.717, 1.165) is 4.31 Å². The molecule has 0 N–H and O–H groups in total. The molecule has 1 aliphatic heterocycles. The van der Waals surface area contributed by atoms with Crippen molar-refractivity contribution in [3.63, 3.8) is 0 Å². The molecule has 108 valence electrons. The number of hydrogen-bond donors (Lipinski definition) is 0. The molecule has 1 aromatic carbocycles. The van der Waals surface area contributed by atoms with Gasteiger partial charge in [0.25, 0.3) is 10.0 Å². The highest BCUT2D eigenvalue weighted by Gasteiger charge is 2.25. The van der Waals surface area contributed by atoms with Crippen molar-refractivity contribution in [2.24, 2.45) is 0 Å². The second-order valence-corrected chi connectivity index (χ2v) is 6.87. The minimum atomic E-state index is -3.59. The summed E-state index contributed by atoms with van der Waals surface area (Å²) in [6.45, 7) is 1.17. The van der Waals surface area contributed by atoms with E-state index in [-0.39, 0.29) is 11.2 Å². The van der Waals surface area contributed by atoms with Gasteiger partial charge >= 0.3 is 0 Å². The van der Waals surface area contributed by atoms with Crippen LogP contribution in [0.15, 0.2) is 33.8 Å². The lowest BCUT2D eigenvalue weighted by Gasteiger charge is -2.07. The molecule has 0 spiro atoms. The van der Waals surface area contributed by atoms with Gasteiger partial charge in [-0.2, -0.15) is 0 Å². The predicted octanol–water partition coefficient (Wildman–Crippen LogP) is 1.46. The van der Waals surface area contributed by atoms with Crippen molar-refractivity contribution in [2.75, 3.05) is 27.3 Å². The maximum atomic E-state index is 12.1. The average molecular weight is 297 g/mol. The zero-order valence-electron chi connectivity index (χ0n) is 11.2. The Morgan fingerprint density at radius 3 is 2.80 bits per heavy atom. The third kappa shape index (κ3) is 2.39. The zero-order chi connectivity index (χ0) is 14.3. The summed E-state index contributed by atoms with van der Waals surface area (Å²) < 4.78 is 41.4. The highest BCUT2D eigenvalue weighted by molar-refractivity contribution is 7.89. The Balaban J connectivity index is 1.99. The minimum absolute atomic E-state index is 0.0868. The number of furan rings is 1. The molecule has 20 heavy (non-hydrogen) atoms. The third-order valence-electron chi connectivity index (χ3n) is 3.06. The lowest BCUT2D eigenvalue weighted by Crippen LogP contribution is -2.21. The van der Waals surface area contributed by atoms with Crippen molar-refractivity contribution in [2.45, 2.75) is 11.2 Å². The minimum Gasteiger partial charge on any atom is -0.490 e. The van der Waals surface area contributed by atoms with Crippen LogP contribution in [0.4, 0.5) is 0 Å². The maximum Gasteiger partial charge on any atom is 0.275 e. The highest BCUT2D eigenvalue weighted by atomic mass is 32.2. The van der Waals surface area contributed by atoms with Gasteiger partial charge in [0.15, 0.2) is 0 Å². The lowest BCUT2D eigenvalue weighted by atomic mass is 10.2. The first-order valence-corrected chi connectivity index (χ1v) is 7.62. The second kappa shape index (κ2) is 4.76. The predicted molar refractivity (Wildman–Crippen MR) is 72.3 cm³/mol. The third-order valence-corrected chi connectivity index (χ3v) is 4.73. The van der Waals surface area contributed by atoms with Crippen molar-refractivity contribution < 1.29 is 22.3 Å². The van der Waals surface area contributed by atoms with Crippen LogP contribution in [-0.2, 0) is 14.8 Å². The summed E-state index contributed by atoms with van der Waals surface area (Å²) in [5.41, 5.74) is 0.486. The van der Waals surface area contributed by atoms with Crippen LogP contribution >= 0.6 is 0 Å². The van der Waals surface area contributed by atoms with Gasteiger partial charge < -0.3 is 13.9 Å². The number of sulfonamides is 1. The van der Waals surface area contributed by atoms with Gasteiger partial charge in [0, 0.05) is 20.2 Å². The Hall–Kier alpha value is -1.57. The first-order chi connectivity index (χ1) is 9.48. The van der Waals surface area contributed by atoms with E-state index < -0.39 is 10.0 Å². The Bertz CT molecular complexity index is 730. The van der Waals surface area contributed by atoms with Crippen molar-refractivity contribution in [3.8, 4) is 5.75 Å². The van der Waals surface area contributed by atoms with Gasteiger partial charge in [0.05, 0.1) is 12.0 Å². The van der Waals surface area contributed by atoms with Crippen LogP contribution in [0.3, 0.4) is 0 Å². The first-order valence-electron chi connectivity index (χ1n) is 6.18. The van der Waals surface area contributed by atoms with Crippen LogP contribution in [-0.4, -0.2) is 46.1 Å². The van der Waals surface area contributed by atoms with E-state index in [2.05, 4.69) is 0 Å². The Kier molecular flexibility index (Phi) is 3.19. The smallest absolute Gasteiger partial charge is 0.275 e. The summed E-state index contributed by atoms with van der Waals surface area (Å²) in [6, 6.07) is 6.76. The topological polar surface area (TPSA) is 72.3 Å². The molecule has 7 heteroatoms. The molecular weight excluding hydrogens is 282 g/mol. The van der Waals surface area contributed by atoms with Crippen molar-refractivity contribution in [1.29, 1.82) is 0 Å². The highest BCUT2D eigenvalue weighted by Crippen LogP contribution is 2.31. The monoisotopic (exact) mass is 297 g/mol. The molecule has 1 aromatic heterocycles. The molecule has 1 atom stereocenters. The molecule has 0 radical (unpaired) electrons. The van der Waals surface area contributed by atoms with Crippen molar-refractivity contribution in [3.05, 3.63) is 24.3 Å². The van der Waals surface area contributed by atoms with E-state index in [0.29, 0.717) is 29.9 Å². The molecule has 3 rings (SSSR count). The Morgan fingerprint density at radius 2 is 2.15 bits per heavy atom. The van der Waals surface area contributed by atoms with Crippen molar-refractivity contribution in [1.82, 2.24) is 4.31 Å². The van der Waals surface area contributed by atoms with Crippen LogP contribution in [0, 0.1) is 0 Å². The standard InChI is InChI=1S/C13H15NO5S/c1-14(2)20(15,16)13-6-10-11(18-8-9-7-17-9)4-3-5-12(10)19-13/h3-6,9H,7-8H2,1-2H3. The number of nitrogens with zero attached hydrogens (tertiary/aromatic N) is 1. The lowest BCUT2D eigenvalue weighted by molar-refractivity contribution is 0.265. The van der Waals surface area contributed by atoms with Crippen LogP contribution in [0.5, 0.6) is 5.75 Å². The quantitative estimate of drug-likeness (QED) is 0.781. The molecule has 1 unspecified atom stereocenters. The number of rotatable bonds is 5. The number of ether oxygens (including phenoxy) is 2. The molecule has 1 fully saturated rings. The van der Waals surface area contributed by atoms with E-state index in [4.69, 9.17) is 13.9 Å². The van der Waals surface area contributed by atoms with Crippen LogP contribution in [0.2, 0.25) is 0 Å². The van der Waals surface area contributed by atoms with Gasteiger partial charge in [-0.3, -0.25) is 0 Å². The normalized spacial score (nSPS) is 18.6. The number of hydrogen-bond acceptors (Lipinski definition) is 5. The van der Waals surface area contributed by atoms with Gasteiger partial charge in [-0.25, -0.2) is 12.7 Å². The fraction of sp³-hybridized carbons (Fsp3) is 0.385. The fourth-order valence-electron chi connectivity index (χ4n) is 1.79. The summed E-state index contributed by atoms with van der Waals surface area (Å²) in [7, 11) is -0.663. The van der Waals surface area contributed by atoms with E-state index >= 15 is 0 Å². The molecule has 1 saturated heterocycles. The summed E-state index contributed by atoms with van der Waals surface area (Å²) in [4.78, 5) is 0. The van der Waals surface area contributed by atoms with Gasteiger partial charge in [0.1, 0.15) is 24.0 Å². The number of epoxide rings is 1. The maximum absolute atomic E-state index is 12.1. The first kappa shape index (κ1) is 13.4. The Labute approximate surface area is 116 Å². The second-order valence-electron chi connectivity index (χ2n) is 4.79. The average Bonchev–Trinajstić information content (AvgIpc) is 3.12. The van der Waals surface area contributed by atoms with Crippen molar-refractivity contribution >= 4 is 21.0 Å². The largest absolute Gasteiger partial charge is 0.490 e. The number of fused-ring (bicyclic) bond motifs is 1. The SMILES string of the molecule is CN(C)S(=O)(=O)c1cc2c(OCC3CO3)cccc2o1. The van der Waals surface area contributed by atoms with Crippen LogP contribution < -0.4 is 4.74 Å². The molecule has 2 aromatic rings. The molecule has 1 aliphatic rings. The molecule has 6 nitrogen and oxygen atoms in total. The van der Waals surface area contributed by atoms with E-state index in [1.165, 1.54) is 20.2 Å². The Morgan fingerprint density at radius 1 is 1.40 bits per heavy atom. The summed E-state index contributed by atoms with van der Waals surface area (Å²) in [5, 5.41) is 0.560. The molecule has 0 aliphatic carbocycles. The molecule has 0 saturated carbocycles. The molecule has 0 amide bonds. The number of benzene rings is 1. The molecular formula is C13H15NO5S. The zero-order valence-corrected chi connectivity index (χ0v) is 12.0. The van der Waals surface area contributed by atoms with E-state index in [1.54, 1.807) is 18.2 Å². The van der Waals surface area contributed by atoms with Crippen LogP contribution in [0.1, 0.15) is 0 Å². The summed E-state index contributed by atoms with van der Waals surface area (Å²) in [5.74, 6) is 0.599. The van der Waals surface area contributed by atoms with E-state index in [9.17, 15) is 8.42 Å². The van der Waals surface area contributed by atoms with Gasteiger partial charge in [-0.05, 0) is 12.1 Å². The molecule has 2 heterocycles. The van der Waals surface area contributed by atoms with Gasteiger partial charge in [-0.15, -0.1) is 0 Å². The summed E-state index contributed by atoms with van der Waals surface area (Å²) >= 11 is 0. The van der Waals surface area contributed by atoms with E-state index in [1.807, 2.05) is 0 Å². The van der Waals surface area contributed by atoms with Gasteiger partial charge in [0.2, 0.25) is 5.09 Å². The van der Waals surface area contributed by atoms with Crippen LogP contribution in [0.25, 0.3) is 11.0 Å². The fourth-order valence-corrected chi connectivity index (χ4v) is 2.61.